The van der Waals surface area contributed by atoms with Gasteiger partial charge in [-0.05, 0) is 31.7 Å². The maximum Gasteiger partial charge on any atom is 0.252 e. The predicted octanol–water partition coefficient (Wildman–Crippen LogP) is 2.67. The maximum atomic E-state index is 12.2. The minimum absolute atomic E-state index is 0.0659. The van der Waals surface area contributed by atoms with E-state index in [-0.39, 0.29) is 11.9 Å². The molecule has 1 aromatic carbocycles. The molecule has 2 rings (SSSR count). The van der Waals surface area contributed by atoms with Crippen LogP contribution in [0.2, 0.25) is 0 Å². The molecule has 108 valence electrons. The molecule has 0 saturated carbocycles. The third kappa shape index (κ3) is 2.69. The van der Waals surface area contributed by atoms with E-state index in [1.54, 1.807) is 0 Å². The number of guanidine groups is 1. The van der Waals surface area contributed by atoms with Crippen LogP contribution in [-0.2, 0) is 11.3 Å². The molecule has 20 heavy (non-hydrogen) atoms. The van der Waals surface area contributed by atoms with Crippen molar-refractivity contribution >= 4 is 11.9 Å². The first kappa shape index (κ1) is 14.6. The van der Waals surface area contributed by atoms with Crippen LogP contribution in [-0.4, -0.2) is 22.3 Å². The SMILES string of the molecule is Cc1cccc(CN2C(=N)NC(=O)C2(C)CC(C)C)c1. The highest BCUT2D eigenvalue weighted by atomic mass is 16.2. The Bertz CT molecular complexity index is 538. The van der Waals surface area contributed by atoms with Crippen molar-refractivity contribution in [2.24, 2.45) is 5.92 Å². The van der Waals surface area contributed by atoms with Crippen molar-refractivity contribution in [3.05, 3.63) is 35.4 Å². The Kier molecular flexibility index (Phi) is 3.84. The highest BCUT2D eigenvalue weighted by Gasteiger charge is 2.47. The van der Waals surface area contributed by atoms with E-state index in [0.717, 1.165) is 12.0 Å². The van der Waals surface area contributed by atoms with Crippen LogP contribution < -0.4 is 5.32 Å². The number of nitrogens with zero attached hydrogens (tertiary/aromatic N) is 1. The number of nitrogens with one attached hydrogen (secondary N) is 2. The zero-order valence-corrected chi connectivity index (χ0v) is 12.7. The molecule has 4 heteroatoms. The van der Waals surface area contributed by atoms with Gasteiger partial charge in [0.15, 0.2) is 5.96 Å². The number of benzene rings is 1. The molecule has 2 N–H and O–H groups in total. The summed E-state index contributed by atoms with van der Waals surface area (Å²) < 4.78 is 0. The maximum absolute atomic E-state index is 12.2. The van der Waals surface area contributed by atoms with Crippen LogP contribution in [0.3, 0.4) is 0 Å². The molecule has 1 fully saturated rings. The lowest BCUT2D eigenvalue weighted by Gasteiger charge is -2.34. The van der Waals surface area contributed by atoms with Crippen LogP contribution in [0.15, 0.2) is 24.3 Å². The average Bonchev–Trinajstić information content (AvgIpc) is 2.52. The number of hydrogen-bond donors (Lipinski definition) is 2. The smallest absolute Gasteiger partial charge is 0.252 e. The summed E-state index contributed by atoms with van der Waals surface area (Å²) in [4.78, 5) is 14.1. The predicted molar refractivity (Wildman–Crippen MR) is 80.5 cm³/mol. The van der Waals surface area contributed by atoms with Gasteiger partial charge in [0, 0.05) is 6.54 Å². The Balaban J connectivity index is 2.27. The molecule has 0 spiro atoms. The van der Waals surface area contributed by atoms with Crippen molar-refractivity contribution in [3.63, 3.8) is 0 Å². The number of carbonyl (C=O) groups excluding carboxylic acids is 1. The van der Waals surface area contributed by atoms with Crippen LogP contribution in [0.5, 0.6) is 0 Å². The van der Waals surface area contributed by atoms with Gasteiger partial charge in [-0.25, -0.2) is 0 Å². The van der Waals surface area contributed by atoms with Crippen LogP contribution in [0.1, 0.15) is 38.3 Å². The fraction of sp³-hybridized carbons (Fsp3) is 0.500. The van der Waals surface area contributed by atoms with Crippen LogP contribution in [0.4, 0.5) is 0 Å². The highest BCUT2D eigenvalue weighted by molar-refractivity contribution is 6.07. The van der Waals surface area contributed by atoms with Gasteiger partial charge in [-0.1, -0.05) is 43.7 Å². The number of aryl methyl sites for hydroxylation is 1. The molecule has 1 amide bonds. The Labute approximate surface area is 120 Å². The molecule has 1 heterocycles. The van der Waals surface area contributed by atoms with E-state index in [9.17, 15) is 4.79 Å². The summed E-state index contributed by atoms with van der Waals surface area (Å²) in [6, 6.07) is 8.21. The van der Waals surface area contributed by atoms with Crippen molar-refractivity contribution in [1.29, 1.82) is 5.41 Å². The topological polar surface area (TPSA) is 56.2 Å². The summed E-state index contributed by atoms with van der Waals surface area (Å²) in [6.07, 6.45) is 0.743. The van der Waals surface area contributed by atoms with E-state index >= 15 is 0 Å². The zero-order valence-electron chi connectivity index (χ0n) is 12.7. The molecule has 0 bridgehead atoms. The molecule has 1 unspecified atom stereocenters. The summed E-state index contributed by atoms with van der Waals surface area (Å²) in [7, 11) is 0. The lowest BCUT2D eigenvalue weighted by Crippen LogP contribution is -2.47. The van der Waals surface area contributed by atoms with E-state index < -0.39 is 5.54 Å². The van der Waals surface area contributed by atoms with E-state index in [1.807, 2.05) is 24.0 Å². The van der Waals surface area contributed by atoms with Gasteiger partial charge >= 0.3 is 0 Å². The van der Waals surface area contributed by atoms with Crippen molar-refractivity contribution in [2.45, 2.75) is 46.2 Å². The Morgan fingerprint density at radius 2 is 2.10 bits per heavy atom. The van der Waals surface area contributed by atoms with Crippen LogP contribution in [0, 0.1) is 18.3 Å². The lowest BCUT2D eigenvalue weighted by molar-refractivity contribution is -0.126. The molecule has 0 radical (unpaired) electrons. The van der Waals surface area contributed by atoms with Gasteiger partial charge in [-0.2, -0.15) is 0 Å². The summed E-state index contributed by atoms with van der Waals surface area (Å²) >= 11 is 0. The van der Waals surface area contributed by atoms with Crippen molar-refractivity contribution in [2.75, 3.05) is 0 Å². The lowest BCUT2D eigenvalue weighted by atomic mass is 9.89. The minimum Gasteiger partial charge on any atom is -0.324 e. The van der Waals surface area contributed by atoms with Crippen LogP contribution >= 0.6 is 0 Å². The first-order valence-electron chi connectivity index (χ1n) is 7.06. The monoisotopic (exact) mass is 273 g/mol. The highest BCUT2D eigenvalue weighted by Crippen LogP contribution is 2.30. The second-order valence-electron chi connectivity index (χ2n) is 6.25. The summed E-state index contributed by atoms with van der Waals surface area (Å²) in [6.45, 7) is 8.77. The summed E-state index contributed by atoms with van der Waals surface area (Å²) in [5.41, 5.74) is 1.69. The molecule has 0 aliphatic carbocycles. The second-order valence-corrected chi connectivity index (χ2v) is 6.25. The molecule has 1 aliphatic heterocycles. The molecular weight excluding hydrogens is 250 g/mol. The normalized spacial score (nSPS) is 22.6. The molecule has 1 aliphatic rings. The van der Waals surface area contributed by atoms with E-state index in [1.165, 1.54) is 5.56 Å². The van der Waals surface area contributed by atoms with E-state index in [0.29, 0.717) is 12.5 Å². The van der Waals surface area contributed by atoms with Crippen LogP contribution in [0.25, 0.3) is 0 Å². The van der Waals surface area contributed by atoms with Crippen molar-refractivity contribution < 1.29 is 4.79 Å². The number of rotatable bonds is 4. The molecule has 1 aromatic rings. The largest absolute Gasteiger partial charge is 0.324 e. The fourth-order valence-corrected chi connectivity index (χ4v) is 2.92. The Morgan fingerprint density at radius 1 is 1.40 bits per heavy atom. The third-order valence-corrected chi connectivity index (χ3v) is 3.82. The fourth-order valence-electron chi connectivity index (χ4n) is 2.92. The Morgan fingerprint density at radius 3 is 2.70 bits per heavy atom. The quantitative estimate of drug-likeness (QED) is 0.886. The number of hydrogen-bond acceptors (Lipinski definition) is 2. The van der Waals surface area contributed by atoms with Crippen molar-refractivity contribution in [1.82, 2.24) is 10.2 Å². The molecular formula is C16H23N3O. The van der Waals surface area contributed by atoms with E-state index in [4.69, 9.17) is 5.41 Å². The summed E-state index contributed by atoms with van der Waals surface area (Å²) in [5, 5.41) is 10.7. The zero-order chi connectivity index (χ0) is 14.9. The number of carbonyl (C=O) groups is 1. The van der Waals surface area contributed by atoms with Gasteiger partial charge in [-0.15, -0.1) is 0 Å². The minimum atomic E-state index is -0.630. The van der Waals surface area contributed by atoms with Gasteiger partial charge in [-0.3, -0.25) is 15.5 Å². The van der Waals surface area contributed by atoms with Gasteiger partial charge in [0.05, 0.1) is 0 Å². The first-order valence-corrected chi connectivity index (χ1v) is 7.06. The molecule has 1 atom stereocenters. The van der Waals surface area contributed by atoms with Crippen molar-refractivity contribution in [3.8, 4) is 0 Å². The average molecular weight is 273 g/mol. The summed E-state index contributed by atoms with van der Waals surface area (Å²) in [5.74, 6) is 0.542. The standard InChI is InChI=1S/C16H23N3O/c1-11(2)9-16(4)14(20)18-15(17)19(16)10-13-7-5-6-12(3)8-13/h5-8,11H,9-10H2,1-4H3,(H2,17,18,20). The second kappa shape index (κ2) is 5.27. The number of amides is 1. The Hall–Kier alpha value is -1.84. The molecule has 0 aromatic heterocycles. The van der Waals surface area contributed by atoms with Gasteiger partial charge in [0.25, 0.3) is 5.91 Å². The third-order valence-electron chi connectivity index (χ3n) is 3.82. The van der Waals surface area contributed by atoms with Gasteiger partial charge in [0.1, 0.15) is 5.54 Å². The van der Waals surface area contributed by atoms with E-state index in [2.05, 4.69) is 38.2 Å². The first-order chi connectivity index (χ1) is 9.33. The van der Waals surface area contributed by atoms with Gasteiger partial charge < -0.3 is 4.90 Å². The molecule has 1 saturated heterocycles. The van der Waals surface area contributed by atoms with Gasteiger partial charge in [0.2, 0.25) is 0 Å². The molecule has 4 nitrogen and oxygen atoms in total.